The van der Waals surface area contributed by atoms with Crippen molar-refractivity contribution in [1.82, 2.24) is 5.43 Å². The molecular formula is C22H27N3O. The number of amides is 1. The molecule has 0 fully saturated rings. The van der Waals surface area contributed by atoms with Gasteiger partial charge in [0.15, 0.2) is 0 Å². The van der Waals surface area contributed by atoms with Gasteiger partial charge in [0, 0.05) is 5.69 Å². The Morgan fingerprint density at radius 3 is 2.54 bits per heavy atom. The first-order valence-electron chi connectivity index (χ1n) is 8.85. The fraction of sp³-hybridized carbons (Fsp3) is 0.273. The van der Waals surface area contributed by atoms with Gasteiger partial charge in [0.1, 0.15) is 0 Å². The normalized spacial score (nSPS) is 11.8. The van der Waals surface area contributed by atoms with Gasteiger partial charge in [0.2, 0.25) is 0 Å². The summed E-state index contributed by atoms with van der Waals surface area (Å²) in [5.74, 6) is 0.344. The smallest absolute Gasteiger partial charge is 0.259 e. The SMILES string of the molecule is CC(C=NNC(=O)CNc1cccc(C)c1)=Cc1ccc(C(C)C)cc1. The Morgan fingerprint density at radius 2 is 1.88 bits per heavy atom. The summed E-state index contributed by atoms with van der Waals surface area (Å²) >= 11 is 0. The Balaban J connectivity index is 1.81. The molecule has 0 heterocycles. The average Bonchev–Trinajstić information content (AvgIpc) is 2.60. The van der Waals surface area contributed by atoms with Gasteiger partial charge < -0.3 is 5.32 Å². The van der Waals surface area contributed by atoms with Crippen LogP contribution in [-0.4, -0.2) is 18.7 Å². The van der Waals surface area contributed by atoms with E-state index in [-0.39, 0.29) is 12.5 Å². The molecule has 0 radical (unpaired) electrons. The third-order valence-electron chi connectivity index (χ3n) is 3.93. The van der Waals surface area contributed by atoms with Crippen molar-refractivity contribution in [2.75, 3.05) is 11.9 Å². The fourth-order valence-electron chi connectivity index (χ4n) is 2.46. The first-order valence-corrected chi connectivity index (χ1v) is 8.85. The molecule has 2 aromatic rings. The van der Waals surface area contributed by atoms with Gasteiger partial charge in [-0.05, 0) is 54.2 Å². The Hall–Kier alpha value is -2.88. The molecule has 0 aliphatic rings. The Kier molecular flexibility index (Phi) is 7.15. The summed E-state index contributed by atoms with van der Waals surface area (Å²) in [5.41, 5.74) is 8.01. The Morgan fingerprint density at radius 1 is 1.15 bits per heavy atom. The molecule has 0 aliphatic heterocycles. The predicted octanol–water partition coefficient (Wildman–Crippen LogP) is 4.74. The summed E-state index contributed by atoms with van der Waals surface area (Å²) in [7, 11) is 0. The number of hydrogen-bond donors (Lipinski definition) is 2. The maximum atomic E-state index is 11.8. The second-order valence-electron chi connectivity index (χ2n) is 6.73. The van der Waals surface area contributed by atoms with E-state index in [1.165, 1.54) is 5.56 Å². The lowest BCUT2D eigenvalue weighted by Gasteiger charge is -2.06. The number of nitrogens with one attached hydrogen (secondary N) is 2. The van der Waals surface area contributed by atoms with Crippen molar-refractivity contribution in [3.05, 3.63) is 70.8 Å². The summed E-state index contributed by atoms with van der Waals surface area (Å²) in [5, 5.41) is 7.09. The maximum absolute atomic E-state index is 11.8. The van der Waals surface area contributed by atoms with Crippen LogP contribution in [0.3, 0.4) is 0 Å². The molecule has 0 saturated carbocycles. The highest BCUT2D eigenvalue weighted by atomic mass is 16.2. The van der Waals surface area contributed by atoms with Gasteiger partial charge in [-0.25, -0.2) is 5.43 Å². The summed E-state index contributed by atoms with van der Waals surface area (Å²) < 4.78 is 0. The number of benzene rings is 2. The number of allylic oxidation sites excluding steroid dienone is 1. The minimum absolute atomic E-state index is 0.181. The third-order valence-corrected chi connectivity index (χ3v) is 3.93. The van der Waals surface area contributed by atoms with Gasteiger partial charge in [-0.2, -0.15) is 5.10 Å². The molecule has 0 unspecified atom stereocenters. The molecule has 4 nitrogen and oxygen atoms in total. The maximum Gasteiger partial charge on any atom is 0.259 e. The van der Waals surface area contributed by atoms with E-state index < -0.39 is 0 Å². The monoisotopic (exact) mass is 349 g/mol. The zero-order valence-electron chi connectivity index (χ0n) is 15.9. The number of hydrazone groups is 1. The van der Waals surface area contributed by atoms with E-state index in [9.17, 15) is 4.79 Å². The number of carbonyl (C=O) groups excluding carboxylic acids is 1. The molecule has 0 spiro atoms. The van der Waals surface area contributed by atoms with E-state index in [0.717, 1.165) is 22.4 Å². The molecule has 0 aromatic heterocycles. The second kappa shape index (κ2) is 9.56. The molecule has 1 amide bonds. The Bertz CT molecular complexity index is 789. The van der Waals surface area contributed by atoms with E-state index in [2.05, 4.69) is 54.0 Å². The highest BCUT2D eigenvalue weighted by Crippen LogP contribution is 2.16. The number of hydrogen-bond acceptors (Lipinski definition) is 3. The zero-order valence-corrected chi connectivity index (χ0v) is 15.9. The highest BCUT2D eigenvalue weighted by Gasteiger charge is 2.00. The zero-order chi connectivity index (χ0) is 18.9. The lowest BCUT2D eigenvalue weighted by atomic mass is 10.0. The van der Waals surface area contributed by atoms with Gasteiger partial charge in [-0.3, -0.25) is 4.79 Å². The number of rotatable bonds is 7. The number of carbonyl (C=O) groups is 1. The van der Waals surface area contributed by atoms with Crippen molar-refractivity contribution >= 4 is 23.9 Å². The summed E-state index contributed by atoms with van der Waals surface area (Å²) in [6.45, 7) is 8.51. The molecule has 0 aliphatic carbocycles. The van der Waals surface area contributed by atoms with Crippen LogP contribution in [0.1, 0.15) is 43.4 Å². The van der Waals surface area contributed by atoms with Gasteiger partial charge in [0.05, 0.1) is 12.8 Å². The van der Waals surface area contributed by atoms with Crippen LogP contribution in [0.25, 0.3) is 6.08 Å². The van der Waals surface area contributed by atoms with Crippen LogP contribution in [0.2, 0.25) is 0 Å². The van der Waals surface area contributed by atoms with E-state index in [1.807, 2.05) is 44.2 Å². The van der Waals surface area contributed by atoms with Crippen LogP contribution < -0.4 is 10.7 Å². The summed E-state index contributed by atoms with van der Waals surface area (Å²) in [4.78, 5) is 11.8. The predicted molar refractivity (Wildman–Crippen MR) is 110 cm³/mol. The minimum Gasteiger partial charge on any atom is -0.376 e. The van der Waals surface area contributed by atoms with E-state index in [0.29, 0.717) is 5.92 Å². The van der Waals surface area contributed by atoms with Crippen LogP contribution in [0.5, 0.6) is 0 Å². The standard InChI is InChI=1S/C22H27N3O/c1-16(2)20-10-8-19(9-11-20)12-18(4)14-24-25-22(26)15-23-21-7-5-6-17(3)13-21/h5-14,16,23H,15H2,1-4H3,(H,25,26). The van der Waals surface area contributed by atoms with E-state index in [1.54, 1.807) is 6.21 Å². The first kappa shape index (κ1) is 19.4. The molecule has 26 heavy (non-hydrogen) atoms. The second-order valence-corrected chi connectivity index (χ2v) is 6.73. The molecular weight excluding hydrogens is 322 g/mol. The molecule has 0 bridgehead atoms. The summed E-state index contributed by atoms with van der Waals surface area (Å²) in [6, 6.07) is 16.4. The molecule has 0 atom stereocenters. The largest absolute Gasteiger partial charge is 0.376 e. The quantitative estimate of drug-likeness (QED) is 0.560. The van der Waals surface area contributed by atoms with Crippen molar-refractivity contribution in [3.63, 3.8) is 0 Å². The number of nitrogens with zero attached hydrogens (tertiary/aromatic N) is 1. The van der Waals surface area contributed by atoms with Gasteiger partial charge in [-0.15, -0.1) is 0 Å². The fourth-order valence-corrected chi connectivity index (χ4v) is 2.46. The van der Waals surface area contributed by atoms with Crippen LogP contribution >= 0.6 is 0 Å². The molecule has 2 N–H and O–H groups in total. The van der Waals surface area contributed by atoms with Gasteiger partial charge >= 0.3 is 0 Å². The van der Waals surface area contributed by atoms with Gasteiger partial charge in [0.25, 0.3) is 5.91 Å². The van der Waals surface area contributed by atoms with Crippen LogP contribution in [0, 0.1) is 6.92 Å². The third kappa shape index (κ3) is 6.55. The molecule has 2 rings (SSSR count). The highest BCUT2D eigenvalue weighted by molar-refractivity contribution is 5.87. The lowest BCUT2D eigenvalue weighted by Crippen LogP contribution is -2.25. The lowest BCUT2D eigenvalue weighted by molar-refractivity contribution is -0.119. The Labute approximate surface area is 156 Å². The van der Waals surface area contributed by atoms with Crippen LogP contribution in [-0.2, 0) is 4.79 Å². The van der Waals surface area contributed by atoms with Crippen LogP contribution in [0.4, 0.5) is 5.69 Å². The minimum atomic E-state index is -0.183. The summed E-state index contributed by atoms with van der Waals surface area (Å²) in [6.07, 6.45) is 3.69. The first-order chi connectivity index (χ1) is 12.4. The molecule has 4 heteroatoms. The van der Waals surface area contributed by atoms with Crippen molar-refractivity contribution in [2.45, 2.75) is 33.6 Å². The van der Waals surface area contributed by atoms with E-state index in [4.69, 9.17) is 0 Å². The van der Waals surface area contributed by atoms with Crippen molar-refractivity contribution < 1.29 is 4.79 Å². The number of anilines is 1. The number of aryl methyl sites for hydroxylation is 1. The van der Waals surface area contributed by atoms with Crippen molar-refractivity contribution in [3.8, 4) is 0 Å². The topological polar surface area (TPSA) is 53.5 Å². The van der Waals surface area contributed by atoms with E-state index >= 15 is 0 Å². The van der Waals surface area contributed by atoms with Crippen LogP contribution in [0.15, 0.2) is 59.2 Å². The molecule has 2 aromatic carbocycles. The molecule has 0 saturated heterocycles. The average molecular weight is 349 g/mol. The van der Waals surface area contributed by atoms with Crippen molar-refractivity contribution in [2.24, 2.45) is 5.10 Å². The molecule has 136 valence electrons. The van der Waals surface area contributed by atoms with Crippen molar-refractivity contribution in [1.29, 1.82) is 0 Å². The van der Waals surface area contributed by atoms with Gasteiger partial charge in [-0.1, -0.05) is 56.3 Å².